The predicted molar refractivity (Wildman–Crippen MR) is 78.2 cm³/mol. The minimum absolute atomic E-state index is 0.0316. The molecule has 2 heterocycles. The Morgan fingerprint density at radius 3 is 2.55 bits per heavy atom. The van der Waals surface area contributed by atoms with Gasteiger partial charge in [0.25, 0.3) is 5.56 Å². The summed E-state index contributed by atoms with van der Waals surface area (Å²) in [5, 5.41) is 9.37. The number of H-pyrrole nitrogens is 2. The zero-order valence-electron chi connectivity index (χ0n) is 11.6. The number of rotatable bonds is 1. The molecule has 7 heteroatoms. The SMILES string of the molecule is Cc1ccc(C2C(C#N)=C(N)Oc3[nH]c(=O)[nH]c(=O)c32)cc1. The third-order valence-corrected chi connectivity index (χ3v) is 3.53. The van der Waals surface area contributed by atoms with Crippen LogP contribution >= 0.6 is 0 Å². The summed E-state index contributed by atoms with van der Waals surface area (Å²) in [6.45, 7) is 1.93. The van der Waals surface area contributed by atoms with Gasteiger partial charge in [0.05, 0.1) is 11.5 Å². The number of hydrogen-bond acceptors (Lipinski definition) is 5. The Bertz CT molecular complexity index is 929. The average Bonchev–Trinajstić information content (AvgIpc) is 2.46. The van der Waals surface area contributed by atoms with Gasteiger partial charge in [-0.05, 0) is 12.5 Å². The van der Waals surface area contributed by atoms with Gasteiger partial charge in [-0.15, -0.1) is 0 Å². The van der Waals surface area contributed by atoms with Gasteiger partial charge in [-0.25, -0.2) is 4.79 Å². The molecule has 4 N–H and O–H groups in total. The number of aryl methyl sites for hydroxylation is 1. The number of nitrogens with two attached hydrogens (primary N) is 1. The maximum absolute atomic E-state index is 12.2. The summed E-state index contributed by atoms with van der Waals surface area (Å²) in [6, 6.07) is 9.35. The van der Waals surface area contributed by atoms with E-state index in [9.17, 15) is 14.9 Å². The minimum atomic E-state index is -0.695. The van der Waals surface area contributed by atoms with Crippen LogP contribution in [0, 0.1) is 18.3 Å². The van der Waals surface area contributed by atoms with E-state index in [0.717, 1.165) is 5.56 Å². The molecule has 0 spiro atoms. The molecule has 0 radical (unpaired) electrons. The fourth-order valence-electron chi connectivity index (χ4n) is 2.48. The second kappa shape index (κ2) is 4.93. The van der Waals surface area contributed by atoms with Gasteiger partial charge >= 0.3 is 5.69 Å². The second-order valence-electron chi connectivity index (χ2n) is 4.99. The van der Waals surface area contributed by atoms with Gasteiger partial charge in [-0.2, -0.15) is 5.26 Å². The normalized spacial score (nSPS) is 16.6. The molecule has 0 amide bonds. The first-order valence-electron chi connectivity index (χ1n) is 6.52. The van der Waals surface area contributed by atoms with Gasteiger partial charge in [-0.3, -0.25) is 14.8 Å². The summed E-state index contributed by atoms with van der Waals surface area (Å²) in [5.41, 5.74) is 6.51. The number of benzene rings is 1. The molecule has 110 valence electrons. The number of aromatic nitrogens is 2. The molecular weight excluding hydrogens is 284 g/mol. The van der Waals surface area contributed by atoms with Crippen LogP contribution in [-0.2, 0) is 0 Å². The molecule has 0 fully saturated rings. The molecule has 2 aromatic rings. The van der Waals surface area contributed by atoms with E-state index < -0.39 is 17.2 Å². The summed E-state index contributed by atoms with van der Waals surface area (Å²) < 4.78 is 5.23. The highest BCUT2D eigenvalue weighted by atomic mass is 16.5. The fourth-order valence-corrected chi connectivity index (χ4v) is 2.48. The van der Waals surface area contributed by atoms with Crippen LogP contribution in [0.3, 0.4) is 0 Å². The van der Waals surface area contributed by atoms with Gasteiger partial charge < -0.3 is 10.5 Å². The number of nitrogens with one attached hydrogen (secondary N) is 2. The van der Waals surface area contributed by atoms with Crippen molar-refractivity contribution in [1.29, 1.82) is 5.26 Å². The van der Waals surface area contributed by atoms with Crippen LogP contribution in [0.1, 0.15) is 22.6 Å². The lowest BCUT2D eigenvalue weighted by molar-refractivity contribution is 0.373. The molecule has 0 aliphatic carbocycles. The Morgan fingerprint density at radius 1 is 1.23 bits per heavy atom. The third kappa shape index (κ3) is 2.07. The van der Waals surface area contributed by atoms with Crippen LogP contribution in [0.5, 0.6) is 5.88 Å². The van der Waals surface area contributed by atoms with Gasteiger partial charge in [0.2, 0.25) is 11.8 Å². The Hall–Kier alpha value is -3.27. The van der Waals surface area contributed by atoms with Gasteiger partial charge in [-0.1, -0.05) is 29.8 Å². The molecule has 0 bridgehead atoms. The molecule has 1 aliphatic heterocycles. The summed E-state index contributed by atoms with van der Waals surface area (Å²) in [5.74, 6) is -0.840. The van der Waals surface area contributed by atoms with E-state index in [0.29, 0.717) is 5.56 Å². The number of nitriles is 1. The van der Waals surface area contributed by atoms with Crippen molar-refractivity contribution >= 4 is 0 Å². The average molecular weight is 296 g/mol. The highest BCUT2D eigenvalue weighted by Gasteiger charge is 2.33. The van der Waals surface area contributed by atoms with Crippen molar-refractivity contribution in [3.63, 3.8) is 0 Å². The summed E-state index contributed by atoms with van der Waals surface area (Å²) in [4.78, 5) is 28.1. The van der Waals surface area contributed by atoms with E-state index in [-0.39, 0.29) is 22.9 Å². The van der Waals surface area contributed by atoms with Gasteiger partial charge in [0.1, 0.15) is 11.6 Å². The molecule has 1 unspecified atom stereocenters. The van der Waals surface area contributed by atoms with Crippen molar-refractivity contribution in [3.05, 3.63) is 73.3 Å². The summed E-state index contributed by atoms with van der Waals surface area (Å²) in [6.07, 6.45) is 0. The number of aromatic amines is 2. The number of allylic oxidation sites excluding steroid dienone is 1. The third-order valence-electron chi connectivity index (χ3n) is 3.53. The molecule has 3 rings (SSSR count). The first-order chi connectivity index (χ1) is 10.5. The summed E-state index contributed by atoms with van der Waals surface area (Å²) in [7, 11) is 0. The Morgan fingerprint density at radius 2 is 1.91 bits per heavy atom. The molecule has 1 aliphatic rings. The first kappa shape index (κ1) is 13.7. The molecule has 1 aromatic heterocycles. The molecule has 1 atom stereocenters. The van der Waals surface area contributed by atoms with Crippen LogP contribution in [0.15, 0.2) is 45.3 Å². The molecule has 22 heavy (non-hydrogen) atoms. The maximum Gasteiger partial charge on any atom is 0.328 e. The zero-order chi connectivity index (χ0) is 15.9. The lowest BCUT2D eigenvalue weighted by Gasteiger charge is -2.24. The molecule has 1 aromatic carbocycles. The highest BCUT2D eigenvalue weighted by molar-refractivity contribution is 5.52. The van der Waals surface area contributed by atoms with Crippen LogP contribution in [0.25, 0.3) is 0 Å². The van der Waals surface area contributed by atoms with Gasteiger partial charge in [0.15, 0.2) is 0 Å². The van der Waals surface area contributed by atoms with Crippen molar-refractivity contribution in [3.8, 4) is 11.9 Å². The quantitative estimate of drug-likeness (QED) is 0.710. The Balaban J connectivity index is 2.32. The molecule has 7 nitrogen and oxygen atoms in total. The standard InChI is InChI=1S/C15H12N4O3/c1-7-2-4-8(5-3-7)10-9(6-16)12(17)22-14-11(10)13(20)18-15(21)19-14/h2-5,10H,17H2,1H3,(H2,18,19,20,21). The zero-order valence-corrected chi connectivity index (χ0v) is 11.6. The van der Waals surface area contributed by atoms with Crippen LogP contribution in [0.4, 0.5) is 0 Å². The van der Waals surface area contributed by atoms with Crippen LogP contribution in [-0.4, -0.2) is 9.97 Å². The largest absolute Gasteiger partial charge is 0.424 e. The van der Waals surface area contributed by atoms with E-state index in [1.54, 1.807) is 0 Å². The van der Waals surface area contributed by atoms with E-state index in [1.807, 2.05) is 37.3 Å². The molecule has 0 saturated heterocycles. The Labute approximate surface area is 124 Å². The van der Waals surface area contributed by atoms with Crippen molar-refractivity contribution in [1.82, 2.24) is 9.97 Å². The van der Waals surface area contributed by atoms with E-state index in [1.165, 1.54) is 0 Å². The molecule has 0 saturated carbocycles. The second-order valence-corrected chi connectivity index (χ2v) is 4.99. The minimum Gasteiger partial charge on any atom is -0.424 e. The lowest BCUT2D eigenvalue weighted by Crippen LogP contribution is -2.33. The van der Waals surface area contributed by atoms with Crippen molar-refractivity contribution in [2.75, 3.05) is 0 Å². The van der Waals surface area contributed by atoms with E-state index in [2.05, 4.69) is 9.97 Å². The van der Waals surface area contributed by atoms with E-state index in [4.69, 9.17) is 10.5 Å². The summed E-state index contributed by atoms with van der Waals surface area (Å²) >= 11 is 0. The fraction of sp³-hybridized carbons (Fsp3) is 0.133. The van der Waals surface area contributed by atoms with Crippen LogP contribution in [0.2, 0.25) is 0 Å². The number of nitrogens with zero attached hydrogens (tertiary/aromatic N) is 1. The lowest BCUT2D eigenvalue weighted by atomic mass is 9.85. The van der Waals surface area contributed by atoms with Crippen molar-refractivity contribution < 1.29 is 4.74 Å². The number of fused-ring (bicyclic) bond motifs is 1. The monoisotopic (exact) mass is 296 g/mol. The first-order valence-corrected chi connectivity index (χ1v) is 6.52. The highest BCUT2D eigenvalue weighted by Crippen LogP contribution is 2.38. The predicted octanol–water partition coefficient (Wildman–Crippen LogP) is 0.590. The number of ether oxygens (including phenoxy) is 1. The number of hydrogen-bond donors (Lipinski definition) is 3. The van der Waals surface area contributed by atoms with E-state index >= 15 is 0 Å². The molecular formula is C15H12N4O3. The smallest absolute Gasteiger partial charge is 0.328 e. The Kier molecular flexibility index (Phi) is 3.07. The topological polar surface area (TPSA) is 125 Å². The van der Waals surface area contributed by atoms with Gasteiger partial charge in [0, 0.05) is 0 Å². The van der Waals surface area contributed by atoms with Crippen molar-refractivity contribution in [2.45, 2.75) is 12.8 Å². The maximum atomic E-state index is 12.2. The van der Waals surface area contributed by atoms with Crippen LogP contribution < -0.4 is 21.7 Å². The van der Waals surface area contributed by atoms with Crippen molar-refractivity contribution in [2.24, 2.45) is 5.73 Å².